The molecule has 0 aromatic carbocycles. The fourth-order valence-electron chi connectivity index (χ4n) is 3.82. The van der Waals surface area contributed by atoms with Gasteiger partial charge in [-0.2, -0.15) is 0 Å². The Labute approximate surface area is 164 Å². The van der Waals surface area contributed by atoms with Gasteiger partial charge in [0.05, 0.1) is 16.6 Å². The number of nitrogens with one attached hydrogen (secondary N) is 2. The molecule has 144 valence electrons. The summed E-state index contributed by atoms with van der Waals surface area (Å²) in [5.41, 5.74) is 0.928. The van der Waals surface area contributed by atoms with Crippen LogP contribution in [-0.2, 0) is 4.79 Å². The number of thiophene rings is 1. The summed E-state index contributed by atoms with van der Waals surface area (Å²) in [6.45, 7) is 4.29. The Bertz CT molecular complexity index is 767. The zero-order valence-electron chi connectivity index (χ0n) is 15.9. The van der Waals surface area contributed by atoms with E-state index < -0.39 is 0 Å². The first-order valence-electron chi connectivity index (χ1n) is 9.55. The highest BCUT2D eigenvalue weighted by atomic mass is 32.1. The van der Waals surface area contributed by atoms with Gasteiger partial charge in [-0.05, 0) is 68.7 Å². The molecule has 0 radical (unpaired) electrons. The van der Waals surface area contributed by atoms with Crippen LogP contribution in [0.1, 0.15) is 58.9 Å². The molecule has 27 heavy (non-hydrogen) atoms. The summed E-state index contributed by atoms with van der Waals surface area (Å²) < 4.78 is 0. The Hall–Kier alpha value is -2.21. The Morgan fingerprint density at radius 2 is 1.96 bits per heavy atom. The van der Waals surface area contributed by atoms with Crippen LogP contribution in [0, 0.1) is 18.8 Å². The lowest BCUT2D eigenvalue weighted by Crippen LogP contribution is -2.36. The quantitative estimate of drug-likeness (QED) is 0.793. The number of amides is 2. The fourth-order valence-corrected chi connectivity index (χ4v) is 4.60. The second-order valence-electron chi connectivity index (χ2n) is 7.33. The van der Waals surface area contributed by atoms with Crippen molar-refractivity contribution in [2.45, 2.75) is 45.6 Å². The summed E-state index contributed by atoms with van der Waals surface area (Å²) in [5, 5.41) is 6.16. The van der Waals surface area contributed by atoms with Gasteiger partial charge in [0.1, 0.15) is 0 Å². The van der Waals surface area contributed by atoms with E-state index in [4.69, 9.17) is 0 Å². The van der Waals surface area contributed by atoms with Gasteiger partial charge in [0.25, 0.3) is 5.91 Å². The second-order valence-corrected chi connectivity index (χ2v) is 8.62. The Morgan fingerprint density at radius 3 is 2.56 bits per heavy atom. The molecule has 2 aromatic heterocycles. The number of aromatic nitrogens is 1. The van der Waals surface area contributed by atoms with Gasteiger partial charge in [0.15, 0.2) is 0 Å². The van der Waals surface area contributed by atoms with Crippen molar-refractivity contribution in [2.75, 3.05) is 6.54 Å². The minimum Gasteiger partial charge on any atom is -0.351 e. The lowest BCUT2D eigenvalue weighted by molar-refractivity contribution is -0.120. The first-order valence-corrected chi connectivity index (χ1v) is 10.4. The van der Waals surface area contributed by atoms with Crippen LogP contribution in [0.4, 0.5) is 0 Å². The van der Waals surface area contributed by atoms with E-state index in [2.05, 4.69) is 15.6 Å². The van der Waals surface area contributed by atoms with Crippen molar-refractivity contribution in [3.63, 3.8) is 0 Å². The first-order chi connectivity index (χ1) is 13.0. The summed E-state index contributed by atoms with van der Waals surface area (Å²) in [6.07, 6.45) is 5.94. The maximum Gasteiger partial charge on any atom is 0.261 e. The minimum atomic E-state index is -0.0339. The molecule has 2 N–H and O–H groups in total. The van der Waals surface area contributed by atoms with Gasteiger partial charge in [-0.15, -0.1) is 11.3 Å². The molecule has 1 aliphatic rings. The summed E-state index contributed by atoms with van der Waals surface area (Å²) in [4.78, 5) is 30.3. The number of rotatable bonds is 6. The highest BCUT2D eigenvalue weighted by Crippen LogP contribution is 2.36. The molecule has 0 aliphatic heterocycles. The van der Waals surface area contributed by atoms with Crippen LogP contribution in [0.15, 0.2) is 36.5 Å². The standard InChI is InChI=1S/C21H27N3O2S/c1-14-6-11-19(27-14)21(26)23-13-16-7-9-17(10-8-16)20(24-15(2)25)18-5-3-4-12-22-18/h3-6,11-12,16-17,20H,7-10,13H2,1-2H3,(H,23,26)(H,24,25). The summed E-state index contributed by atoms with van der Waals surface area (Å²) in [5.74, 6) is 0.884. The van der Waals surface area contributed by atoms with Crippen LogP contribution in [0.3, 0.4) is 0 Å². The zero-order valence-corrected chi connectivity index (χ0v) is 16.7. The van der Waals surface area contributed by atoms with Crippen molar-refractivity contribution < 1.29 is 9.59 Å². The highest BCUT2D eigenvalue weighted by Gasteiger charge is 2.30. The van der Waals surface area contributed by atoms with Crippen LogP contribution in [0.5, 0.6) is 0 Å². The molecule has 2 heterocycles. The zero-order chi connectivity index (χ0) is 19.2. The van der Waals surface area contributed by atoms with Crippen LogP contribution in [0.2, 0.25) is 0 Å². The van der Waals surface area contributed by atoms with Gasteiger partial charge in [-0.1, -0.05) is 6.07 Å². The molecule has 1 saturated carbocycles. The average molecular weight is 386 g/mol. The maximum atomic E-state index is 12.2. The summed E-state index contributed by atoms with van der Waals surface area (Å²) in [6, 6.07) is 9.67. The molecule has 0 spiro atoms. The van der Waals surface area contributed by atoms with Gasteiger partial charge in [0, 0.05) is 24.5 Å². The predicted octanol–water partition coefficient (Wildman–Crippen LogP) is 3.87. The summed E-state index contributed by atoms with van der Waals surface area (Å²) >= 11 is 1.53. The van der Waals surface area contributed by atoms with E-state index in [0.29, 0.717) is 11.8 Å². The van der Waals surface area contributed by atoms with Gasteiger partial charge in [0.2, 0.25) is 5.91 Å². The predicted molar refractivity (Wildman–Crippen MR) is 108 cm³/mol. The van der Waals surface area contributed by atoms with Gasteiger partial charge >= 0.3 is 0 Å². The smallest absolute Gasteiger partial charge is 0.261 e. The largest absolute Gasteiger partial charge is 0.351 e. The van der Waals surface area contributed by atoms with Crippen molar-refractivity contribution in [2.24, 2.45) is 11.8 Å². The van der Waals surface area contributed by atoms with Gasteiger partial charge in [-0.3, -0.25) is 14.6 Å². The third-order valence-electron chi connectivity index (χ3n) is 5.24. The molecule has 6 heteroatoms. The number of pyridine rings is 1. The molecule has 3 rings (SSSR count). The molecular weight excluding hydrogens is 358 g/mol. The second kappa shape index (κ2) is 9.13. The molecule has 2 aromatic rings. The summed E-state index contributed by atoms with van der Waals surface area (Å²) in [7, 11) is 0. The molecule has 1 aliphatic carbocycles. The fraction of sp³-hybridized carbons (Fsp3) is 0.476. The van der Waals surface area contributed by atoms with E-state index in [1.54, 1.807) is 13.1 Å². The van der Waals surface area contributed by atoms with Crippen molar-refractivity contribution in [1.82, 2.24) is 15.6 Å². The Balaban J connectivity index is 1.52. The first kappa shape index (κ1) is 19.5. The number of nitrogens with zero attached hydrogens (tertiary/aromatic N) is 1. The van der Waals surface area contributed by atoms with Gasteiger partial charge < -0.3 is 10.6 Å². The topological polar surface area (TPSA) is 71.1 Å². The van der Waals surface area contributed by atoms with Gasteiger partial charge in [-0.25, -0.2) is 0 Å². The van der Waals surface area contributed by atoms with E-state index in [0.717, 1.165) is 47.7 Å². The van der Waals surface area contributed by atoms with E-state index >= 15 is 0 Å². The van der Waals surface area contributed by atoms with Crippen LogP contribution in [0.25, 0.3) is 0 Å². The van der Waals surface area contributed by atoms with Crippen molar-refractivity contribution in [3.8, 4) is 0 Å². The van der Waals surface area contributed by atoms with Crippen LogP contribution < -0.4 is 10.6 Å². The maximum absolute atomic E-state index is 12.2. The molecule has 0 bridgehead atoms. The molecule has 1 atom stereocenters. The number of carbonyl (C=O) groups excluding carboxylic acids is 2. The van der Waals surface area contributed by atoms with Crippen molar-refractivity contribution in [1.29, 1.82) is 0 Å². The number of hydrogen-bond acceptors (Lipinski definition) is 4. The number of hydrogen-bond donors (Lipinski definition) is 2. The number of carbonyl (C=O) groups is 2. The van der Waals surface area contributed by atoms with Crippen LogP contribution >= 0.6 is 11.3 Å². The van der Waals surface area contributed by atoms with Crippen LogP contribution in [-0.4, -0.2) is 23.3 Å². The number of aryl methyl sites for hydroxylation is 1. The van der Waals surface area contributed by atoms with E-state index in [1.165, 1.54) is 11.3 Å². The van der Waals surface area contributed by atoms with E-state index in [1.807, 2.05) is 37.3 Å². The van der Waals surface area contributed by atoms with E-state index in [9.17, 15) is 9.59 Å². The SMILES string of the molecule is CC(=O)NC(c1ccccn1)C1CCC(CNC(=O)c2ccc(C)s2)CC1. The normalized spacial score (nSPS) is 20.7. The molecule has 1 unspecified atom stereocenters. The Kier molecular flexibility index (Phi) is 6.61. The third kappa shape index (κ3) is 5.39. The molecule has 5 nitrogen and oxygen atoms in total. The lowest BCUT2D eigenvalue weighted by Gasteiger charge is -2.34. The third-order valence-corrected chi connectivity index (χ3v) is 6.24. The lowest BCUT2D eigenvalue weighted by atomic mass is 9.77. The highest BCUT2D eigenvalue weighted by molar-refractivity contribution is 7.13. The van der Waals surface area contributed by atoms with Crippen molar-refractivity contribution >= 4 is 23.2 Å². The molecule has 1 fully saturated rings. The average Bonchev–Trinajstić information content (AvgIpc) is 3.12. The van der Waals surface area contributed by atoms with E-state index in [-0.39, 0.29) is 17.9 Å². The minimum absolute atomic E-state index is 0.0220. The molecule has 2 amide bonds. The Morgan fingerprint density at radius 1 is 1.19 bits per heavy atom. The molecular formula is C21H27N3O2S. The monoisotopic (exact) mass is 385 g/mol. The molecule has 0 saturated heterocycles. The van der Waals surface area contributed by atoms with Crippen molar-refractivity contribution in [3.05, 3.63) is 52.0 Å².